The van der Waals surface area contributed by atoms with Crippen molar-refractivity contribution in [1.82, 2.24) is 4.98 Å². The number of alkyl halides is 2. The number of amides is 1. The number of anilines is 1. The molecule has 1 N–H and O–H groups in total. The highest BCUT2D eigenvalue weighted by atomic mass is 19.3. The predicted molar refractivity (Wildman–Crippen MR) is 126 cm³/mol. The van der Waals surface area contributed by atoms with Gasteiger partial charge in [0.1, 0.15) is 11.6 Å². The summed E-state index contributed by atoms with van der Waals surface area (Å²) in [4.78, 5) is 27.8. The second-order valence-electron chi connectivity index (χ2n) is 8.95. The minimum atomic E-state index is -3.25. The Morgan fingerprint density at radius 1 is 0.944 bits per heavy atom. The Kier molecular flexibility index (Phi) is 7.67. The molecule has 1 aliphatic rings. The van der Waals surface area contributed by atoms with Crippen molar-refractivity contribution in [3.63, 3.8) is 0 Å². The van der Waals surface area contributed by atoms with Crippen LogP contribution in [0.2, 0.25) is 0 Å². The average Bonchev–Trinajstić information content (AvgIpc) is 2.84. The minimum Gasteiger partial charge on any atom is -0.481 e. The lowest BCUT2D eigenvalue weighted by Crippen LogP contribution is -2.35. The van der Waals surface area contributed by atoms with E-state index in [0.717, 1.165) is 43.0 Å². The van der Waals surface area contributed by atoms with Crippen LogP contribution in [-0.2, 0) is 4.79 Å². The number of hydrogen-bond acceptors (Lipinski definition) is 3. The van der Waals surface area contributed by atoms with E-state index in [1.54, 1.807) is 0 Å². The highest BCUT2D eigenvalue weighted by Gasteiger charge is 2.27. The molecule has 0 saturated heterocycles. The number of carboxylic acids is 1. The first kappa shape index (κ1) is 25.3. The molecule has 1 amide bonds. The number of carboxylic acid groups (broad SMARTS) is 1. The Morgan fingerprint density at radius 2 is 1.58 bits per heavy atom. The van der Waals surface area contributed by atoms with Crippen LogP contribution < -0.4 is 4.90 Å². The third-order valence-electron chi connectivity index (χ3n) is 6.54. The van der Waals surface area contributed by atoms with E-state index in [1.165, 1.54) is 12.1 Å². The molecule has 0 bridgehead atoms. The second kappa shape index (κ2) is 10.9. The van der Waals surface area contributed by atoms with Crippen molar-refractivity contribution in [3.8, 4) is 11.3 Å². The molecule has 0 atom stereocenters. The number of hydrogen-bond donors (Lipinski definition) is 1. The molecular weight excluding hydrogens is 476 g/mol. The molecule has 3 aromatic rings. The van der Waals surface area contributed by atoms with Crippen molar-refractivity contribution in [2.24, 2.45) is 5.92 Å². The fourth-order valence-electron chi connectivity index (χ4n) is 4.71. The van der Waals surface area contributed by atoms with E-state index in [2.05, 4.69) is 4.98 Å². The fraction of sp³-hybridized carbons (Fsp3) is 0.296. The number of halogens is 4. The molecule has 1 heterocycles. The highest BCUT2D eigenvalue weighted by molar-refractivity contribution is 6.06. The lowest BCUT2D eigenvalue weighted by molar-refractivity contribution is -0.138. The molecule has 0 radical (unpaired) electrons. The molecule has 1 aromatic heterocycles. The van der Waals surface area contributed by atoms with Crippen LogP contribution in [0.4, 0.5) is 23.2 Å². The molecule has 9 heteroatoms. The van der Waals surface area contributed by atoms with Gasteiger partial charge in [-0.1, -0.05) is 24.3 Å². The molecular formula is C27H24F4N2O3. The molecule has 4 rings (SSSR count). The van der Waals surface area contributed by atoms with E-state index in [0.29, 0.717) is 29.8 Å². The van der Waals surface area contributed by atoms with Crippen LogP contribution in [0, 0.1) is 17.6 Å². The minimum absolute atomic E-state index is 0.134. The van der Waals surface area contributed by atoms with E-state index in [9.17, 15) is 27.2 Å². The first-order chi connectivity index (χ1) is 17.2. The van der Waals surface area contributed by atoms with E-state index in [1.807, 2.05) is 24.3 Å². The number of aromatic nitrogens is 1. The maximum atomic E-state index is 13.7. The van der Waals surface area contributed by atoms with Gasteiger partial charge in [-0.05, 0) is 67.3 Å². The van der Waals surface area contributed by atoms with E-state index >= 15 is 0 Å². The van der Waals surface area contributed by atoms with Crippen molar-refractivity contribution in [2.45, 2.75) is 44.6 Å². The molecule has 0 unspecified atom stereocenters. The zero-order valence-electron chi connectivity index (χ0n) is 19.2. The van der Waals surface area contributed by atoms with Crippen LogP contribution in [0.1, 0.15) is 53.9 Å². The molecule has 0 spiro atoms. The Bertz CT molecular complexity index is 1200. The summed E-state index contributed by atoms with van der Waals surface area (Å²) in [6.07, 6.45) is 4.94. The smallest absolute Gasteiger partial charge is 0.321 e. The molecule has 2 aromatic carbocycles. The van der Waals surface area contributed by atoms with Gasteiger partial charge in [-0.15, -0.1) is 0 Å². The zero-order valence-corrected chi connectivity index (χ0v) is 19.2. The van der Waals surface area contributed by atoms with Gasteiger partial charge >= 0.3 is 12.5 Å². The third kappa shape index (κ3) is 5.90. The predicted octanol–water partition coefficient (Wildman–Crippen LogP) is 6.64. The molecule has 188 valence electrons. The summed E-state index contributed by atoms with van der Waals surface area (Å²) in [5.41, 5.74) is 1.67. The van der Waals surface area contributed by atoms with Gasteiger partial charge in [0.2, 0.25) is 0 Å². The molecule has 1 fully saturated rings. The summed E-state index contributed by atoms with van der Waals surface area (Å²) in [5.74, 6) is -3.51. The van der Waals surface area contributed by atoms with Crippen LogP contribution >= 0.6 is 0 Å². The number of benzene rings is 2. The van der Waals surface area contributed by atoms with Gasteiger partial charge in [-0.25, -0.2) is 13.7 Å². The highest BCUT2D eigenvalue weighted by Crippen LogP contribution is 2.37. The van der Waals surface area contributed by atoms with Crippen LogP contribution in [0.25, 0.3) is 11.3 Å². The van der Waals surface area contributed by atoms with Gasteiger partial charge in [0.15, 0.2) is 0 Å². The largest absolute Gasteiger partial charge is 0.481 e. The SMILES string of the molecule is O=C(O)CC1CCC(c2ccc(-c3ccc(N(C(=O)c4cc(F)cc(F)c4)C(F)F)cn3)cc2)CC1. The van der Waals surface area contributed by atoms with Crippen molar-refractivity contribution in [1.29, 1.82) is 0 Å². The molecule has 0 aliphatic heterocycles. The quantitative estimate of drug-likeness (QED) is 0.292. The lowest BCUT2D eigenvalue weighted by atomic mass is 9.77. The van der Waals surface area contributed by atoms with Gasteiger partial charge in [0.05, 0.1) is 17.6 Å². The van der Waals surface area contributed by atoms with Crippen LogP contribution in [-0.4, -0.2) is 28.5 Å². The van der Waals surface area contributed by atoms with Gasteiger partial charge in [-0.2, -0.15) is 8.78 Å². The second-order valence-corrected chi connectivity index (χ2v) is 8.95. The summed E-state index contributed by atoms with van der Waals surface area (Å²) in [6, 6.07) is 12.5. The molecule has 5 nitrogen and oxygen atoms in total. The maximum absolute atomic E-state index is 13.7. The summed E-state index contributed by atoms with van der Waals surface area (Å²) >= 11 is 0. The number of aliphatic carboxylic acids is 1. The monoisotopic (exact) mass is 500 g/mol. The number of pyridine rings is 1. The number of nitrogens with zero attached hydrogens (tertiary/aromatic N) is 2. The number of carbonyl (C=O) groups is 2. The topological polar surface area (TPSA) is 70.5 Å². The Labute approximate surface area is 205 Å². The van der Waals surface area contributed by atoms with Crippen LogP contribution in [0.15, 0.2) is 60.8 Å². The normalized spacial score (nSPS) is 17.7. The first-order valence-electron chi connectivity index (χ1n) is 11.6. The lowest BCUT2D eigenvalue weighted by Gasteiger charge is -2.28. The van der Waals surface area contributed by atoms with E-state index in [-0.39, 0.29) is 22.9 Å². The average molecular weight is 500 g/mol. The Hall–Kier alpha value is -3.75. The van der Waals surface area contributed by atoms with Crippen molar-refractivity contribution in [2.75, 3.05) is 4.90 Å². The maximum Gasteiger partial charge on any atom is 0.321 e. The van der Waals surface area contributed by atoms with Gasteiger partial charge in [-0.3, -0.25) is 14.6 Å². The third-order valence-corrected chi connectivity index (χ3v) is 6.54. The molecule has 36 heavy (non-hydrogen) atoms. The Balaban J connectivity index is 1.46. The van der Waals surface area contributed by atoms with Crippen molar-refractivity contribution >= 4 is 17.6 Å². The summed E-state index contributed by atoms with van der Waals surface area (Å²) in [6.45, 7) is -3.25. The fourth-order valence-corrected chi connectivity index (χ4v) is 4.71. The van der Waals surface area contributed by atoms with Gasteiger partial charge in [0, 0.05) is 23.6 Å². The standard InChI is InChI=1S/C27H24F4N2O3/c28-21-12-20(13-22(29)14-21)26(36)33(27(30)31)23-9-10-24(32-15-23)19-7-5-18(6-8-19)17-3-1-16(2-4-17)11-25(34)35/h5-10,12-17,27H,1-4,11H2,(H,34,35). The van der Waals surface area contributed by atoms with Crippen LogP contribution in [0.5, 0.6) is 0 Å². The van der Waals surface area contributed by atoms with Gasteiger partial charge < -0.3 is 5.11 Å². The molecule has 1 aliphatic carbocycles. The summed E-state index contributed by atoms with van der Waals surface area (Å²) in [5, 5.41) is 8.97. The number of rotatable bonds is 7. The van der Waals surface area contributed by atoms with E-state index in [4.69, 9.17) is 5.11 Å². The molecule has 1 saturated carbocycles. The first-order valence-corrected chi connectivity index (χ1v) is 11.6. The summed E-state index contributed by atoms with van der Waals surface area (Å²) < 4.78 is 54.4. The zero-order chi connectivity index (χ0) is 25.8. The van der Waals surface area contributed by atoms with Crippen molar-refractivity contribution in [3.05, 3.63) is 83.6 Å². The van der Waals surface area contributed by atoms with Crippen LogP contribution in [0.3, 0.4) is 0 Å². The van der Waals surface area contributed by atoms with Crippen molar-refractivity contribution < 1.29 is 32.3 Å². The number of carbonyl (C=O) groups excluding carboxylic acids is 1. The summed E-state index contributed by atoms with van der Waals surface area (Å²) in [7, 11) is 0. The van der Waals surface area contributed by atoms with E-state index < -0.39 is 35.6 Å². The Morgan fingerprint density at radius 3 is 2.11 bits per heavy atom. The van der Waals surface area contributed by atoms with Gasteiger partial charge in [0.25, 0.3) is 5.91 Å².